The molecule has 11 heteroatoms. The van der Waals surface area contributed by atoms with Gasteiger partial charge in [-0.3, -0.25) is 9.52 Å². The molecular weight excluding hydrogens is 453 g/mol. The monoisotopic (exact) mass is 479 g/mol. The van der Waals surface area contributed by atoms with E-state index in [4.69, 9.17) is 9.47 Å². The molecule has 9 nitrogen and oxygen atoms in total. The van der Waals surface area contributed by atoms with Gasteiger partial charge in [-0.25, -0.2) is 17.6 Å². The summed E-state index contributed by atoms with van der Waals surface area (Å²) in [6.45, 7) is 5.04. The van der Waals surface area contributed by atoms with Gasteiger partial charge in [0.2, 0.25) is 0 Å². The summed E-state index contributed by atoms with van der Waals surface area (Å²) in [5.41, 5.74) is 0.778. The number of carbonyl (C=O) groups is 2. The lowest BCUT2D eigenvalue weighted by Crippen LogP contribution is -2.51. The minimum atomic E-state index is -3.88. The lowest BCUT2D eigenvalue weighted by Gasteiger charge is -2.34. The normalized spacial score (nSPS) is 14.0. The van der Waals surface area contributed by atoms with Crippen LogP contribution >= 0.6 is 0 Å². The average Bonchev–Trinajstić information content (AvgIpc) is 2.79. The van der Waals surface area contributed by atoms with Gasteiger partial charge in [-0.1, -0.05) is 0 Å². The molecule has 0 aliphatic carbocycles. The Bertz CT molecular complexity index is 1100. The van der Waals surface area contributed by atoms with Crippen LogP contribution in [0.2, 0.25) is 0 Å². The second-order valence-corrected chi connectivity index (χ2v) is 9.08. The van der Waals surface area contributed by atoms with Crippen LogP contribution in [-0.4, -0.2) is 69.6 Å². The molecule has 0 unspecified atom stereocenters. The molecule has 33 heavy (non-hydrogen) atoms. The van der Waals surface area contributed by atoms with Gasteiger partial charge in [-0.2, -0.15) is 0 Å². The van der Waals surface area contributed by atoms with E-state index in [1.807, 2.05) is 0 Å². The van der Waals surface area contributed by atoms with Crippen molar-refractivity contribution in [2.45, 2.75) is 18.7 Å². The Kier molecular flexibility index (Phi) is 7.75. The van der Waals surface area contributed by atoms with Crippen molar-refractivity contribution in [1.82, 2.24) is 9.80 Å². The molecule has 1 aliphatic heterocycles. The quantitative estimate of drug-likeness (QED) is 0.655. The van der Waals surface area contributed by atoms with Gasteiger partial charge in [-0.15, -0.1) is 0 Å². The molecule has 1 N–H and O–H groups in total. The zero-order valence-electron chi connectivity index (χ0n) is 18.4. The van der Waals surface area contributed by atoms with Crippen molar-refractivity contribution in [2.75, 3.05) is 44.1 Å². The number of sulfonamides is 1. The van der Waals surface area contributed by atoms with Gasteiger partial charge >= 0.3 is 6.09 Å². The molecular formula is C22H26FN3O6S. The predicted molar refractivity (Wildman–Crippen MR) is 119 cm³/mol. The Morgan fingerprint density at radius 1 is 1.03 bits per heavy atom. The number of aryl methyl sites for hydroxylation is 1. The molecule has 1 aliphatic rings. The first kappa shape index (κ1) is 24.3. The van der Waals surface area contributed by atoms with Crippen molar-refractivity contribution in [1.29, 1.82) is 0 Å². The molecule has 0 atom stereocenters. The highest BCUT2D eigenvalue weighted by Gasteiger charge is 2.25. The summed E-state index contributed by atoms with van der Waals surface area (Å²) in [6, 6.07) is 9.27. The highest BCUT2D eigenvalue weighted by Crippen LogP contribution is 2.24. The summed E-state index contributed by atoms with van der Waals surface area (Å²) in [5.74, 6) is -0.312. The van der Waals surface area contributed by atoms with Crippen LogP contribution in [-0.2, 0) is 19.6 Å². The highest BCUT2D eigenvalue weighted by atomic mass is 32.2. The van der Waals surface area contributed by atoms with Crippen LogP contribution in [0.4, 0.5) is 14.9 Å². The SMILES string of the molecule is CCOC(=O)N1CCN(C(=O)COc2ccc(S(=O)(=O)Nc3ccc(F)cc3)cc2C)CC1. The molecule has 0 saturated carbocycles. The van der Waals surface area contributed by atoms with Crippen molar-refractivity contribution in [3.63, 3.8) is 0 Å². The maximum Gasteiger partial charge on any atom is 0.409 e. The number of anilines is 1. The lowest BCUT2D eigenvalue weighted by atomic mass is 10.2. The average molecular weight is 480 g/mol. The van der Waals surface area contributed by atoms with Crippen molar-refractivity contribution in [3.8, 4) is 5.75 Å². The summed E-state index contributed by atoms with van der Waals surface area (Å²) in [5, 5.41) is 0. The van der Waals surface area contributed by atoms with E-state index in [1.54, 1.807) is 23.6 Å². The van der Waals surface area contributed by atoms with E-state index in [0.29, 0.717) is 44.1 Å². The van der Waals surface area contributed by atoms with Crippen LogP contribution in [0, 0.1) is 12.7 Å². The predicted octanol–water partition coefficient (Wildman–Crippen LogP) is 2.61. The molecule has 178 valence electrons. The fourth-order valence-electron chi connectivity index (χ4n) is 3.27. The number of halogens is 1. The van der Waals surface area contributed by atoms with E-state index in [9.17, 15) is 22.4 Å². The molecule has 2 aromatic carbocycles. The van der Waals surface area contributed by atoms with Gasteiger partial charge < -0.3 is 19.3 Å². The number of rotatable bonds is 7. The molecule has 0 bridgehead atoms. The first-order valence-corrected chi connectivity index (χ1v) is 11.9. The third kappa shape index (κ3) is 6.35. The van der Waals surface area contributed by atoms with Crippen molar-refractivity contribution in [3.05, 3.63) is 53.8 Å². The smallest absolute Gasteiger partial charge is 0.409 e. The zero-order chi connectivity index (χ0) is 24.0. The Labute approximate surface area is 192 Å². The van der Waals surface area contributed by atoms with Crippen molar-refractivity contribution >= 4 is 27.7 Å². The molecule has 1 saturated heterocycles. The second kappa shape index (κ2) is 10.5. The van der Waals surface area contributed by atoms with E-state index >= 15 is 0 Å². The van der Waals surface area contributed by atoms with Gasteiger partial charge in [0.25, 0.3) is 15.9 Å². The van der Waals surface area contributed by atoms with E-state index in [0.717, 1.165) is 12.1 Å². The molecule has 3 rings (SSSR count). The van der Waals surface area contributed by atoms with E-state index in [1.165, 1.54) is 30.3 Å². The van der Waals surface area contributed by atoms with Crippen LogP contribution in [0.25, 0.3) is 0 Å². The Balaban J connectivity index is 1.55. The molecule has 2 aromatic rings. The van der Waals surface area contributed by atoms with Gasteiger partial charge in [-0.05, 0) is 61.9 Å². The van der Waals surface area contributed by atoms with Crippen LogP contribution in [0.5, 0.6) is 5.75 Å². The molecule has 0 spiro atoms. The minimum Gasteiger partial charge on any atom is -0.483 e. The van der Waals surface area contributed by atoms with E-state index in [2.05, 4.69) is 4.72 Å². The fourth-order valence-corrected chi connectivity index (χ4v) is 4.41. The zero-order valence-corrected chi connectivity index (χ0v) is 19.2. The van der Waals surface area contributed by atoms with Crippen LogP contribution in [0.3, 0.4) is 0 Å². The number of nitrogens with zero attached hydrogens (tertiary/aromatic N) is 2. The first-order valence-electron chi connectivity index (χ1n) is 10.4. The van der Waals surface area contributed by atoms with Crippen molar-refractivity contribution in [2.24, 2.45) is 0 Å². The lowest BCUT2D eigenvalue weighted by molar-refractivity contribution is -0.135. The second-order valence-electron chi connectivity index (χ2n) is 7.40. The van der Waals surface area contributed by atoms with Gasteiger partial charge in [0.1, 0.15) is 11.6 Å². The van der Waals surface area contributed by atoms with Gasteiger partial charge in [0.05, 0.1) is 11.5 Å². The minimum absolute atomic E-state index is 0.0121. The van der Waals surface area contributed by atoms with E-state index in [-0.39, 0.29) is 29.2 Å². The molecule has 2 amide bonds. The van der Waals surface area contributed by atoms with Gasteiger partial charge in [0, 0.05) is 31.9 Å². The van der Waals surface area contributed by atoms with Crippen LogP contribution < -0.4 is 9.46 Å². The number of ether oxygens (including phenoxy) is 2. The molecule has 0 aromatic heterocycles. The van der Waals surface area contributed by atoms with Crippen molar-refractivity contribution < 1.29 is 31.9 Å². The summed E-state index contributed by atoms with van der Waals surface area (Å²) in [6.07, 6.45) is -0.388. The summed E-state index contributed by atoms with van der Waals surface area (Å²) >= 11 is 0. The van der Waals surface area contributed by atoms with E-state index < -0.39 is 15.8 Å². The number of carbonyl (C=O) groups excluding carboxylic acids is 2. The van der Waals surface area contributed by atoms with Crippen LogP contribution in [0.15, 0.2) is 47.4 Å². The molecule has 1 fully saturated rings. The Hall–Kier alpha value is -3.34. The standard InChI is InChI=1S/C22H26FN3O6S/c1-3-31-22(28)26-12-10-25(11-13-26)21(27)15-32-20-9-8-19(14-16(20)2)33(29,30)24-18-6-4-17(23)5-7-18/h4-9,14,24H,3,10-13,15H2,1-2H3. The fraction of sp³-hybridized carbons (Fsp3) is 0.364. The molecule has 0 radical (unpaired) electrons. The number of amides is 2. The van der Waals surface area contributed by atoms with Gasteiger partial charge in [0.15, 0.2) is 6.61 Å². The topological polar surface area (TPSA) is 105 Å². The number of hydrogen-bond donors (Lipinski definition) is 1. The largest absolute Gasteiger partial charge is 0.483 e. The molecule has 1 heterocycles. The highest BCUT2D eigenvalue weighted by molar-refractivity contribution is 7.92. The summed E-state index contributed by atoms with van der Waals surface area (Å²) < 4.78 is 51.2. The Morgan fingerprint density at radius 3 is 2.27 bits per heavy atom. The summed E-state index contributed by atoms with van der Waals surface area (Å²) in [4.78, 5) is 27.4. The third-order valence-corrected chi connectivity index (χ3v) is 6.44. The Morgan fingerprint density at radius 2 is 1.67 bits per heavy atom. The number of benzene rings is 2. The number of hydrogen-bond acceptors (Lipinski definition) is 6. The van der Waals surface area contributed by atoms with Crippen LogP contribution in [0.1, 0.15) is 12.5 Å². The first-order chi connectivity index (χ1) is 15.7. The number of piperazine rings is 1. The number of nitrogens with one attached hydrogen (secondary N) is 1. The third-order valence-electron chi connectivity index (χ3n) is 5.06. The maximum absolute atomic E-state index is 13.0. The maximum atomic E-state index is 13.0. The summed E-state index contributed by atoms with van der Waals surface area (Å²) in [7, 11) is -3.88.